The van der Waals surface area contributed by atoms with Crippen LogP contribution in [-0.2, 0) is 4.74 Å². The summed E-state index contributed by atoms with van der Waals surface area (Å²) in [6.07, 6.45) is -0.0551. The van der Waals surface area contributed by atoms with E-state index in [4.69, 9.17) is 16.3 Å². The topological polar surface area (TPSA) is 29.5 Å². The highest BCUT2D eigenvalue weighted by Gasteiger charge is 2.29. The highest BCUT2D eigenvalue weighted by Crippen LogP contribution is 2.16. The molecular formula is C13H16ClNO2. The molecule has 1 saturated heterocycles. The zero-order chi connectivity index (χ0) is 12.3. The minimum atomic E-state index is -0.0551. The van der Waals surface area contributed by atoms with E-state index in [9.17, 15) is 4.79 Å². The lowest BCUT2D eigenvalue weighted by Gasteiger charge is -2.37. The summed E-state index contributed by atoms with van der Waals surface area (Å²) in [6.45, 7) is 3.11. The maximum absolute atomic E-state index is 12.3. The fraction of sp³-hybridized carbons (Fsp3) is 0.462. The van der Waals surface area contributed by atoms with Gasteiger partial charge in [-0.1, -0.05) is 18.2 Å². The smallest absolute Gasteiger partial charge is 0.254 e. The number of rotatable bonds is 2. The number of halogens is 1. The summed E-state index contributed by atoms with van der Waals surface area (Å²) in [6, 6.07) is 9.41. The van der Waals surface area contributed by atoms with Gasteiger partial charge in [0.15, 0.2) is 0 Å². The molecule has 1 aliphatic heterocycles. The number of ether oxygens (including phenoxy) is 1. The molecule has 1 aromatic carbocycles. The van der Waals surface area contributed by atoms with Crippen molar-refractivity contribution in [2.75, 3.05) is 19.0 Å². The molecule has 0 radical (unpaired) electrons. The van der Waals surface area contributed by atoms with Crippen LogP contribution in [0.1, 0.15) is 17.3 Å². The summed E-state index contributed by atoms with van der Waals surface area (Å²) in [4.78, 5) is 14.1. The highest BCUT2D eigenvalue weighted by molar-refractivity contribution is 6.18. The zero-order valence-electron chi connectivity index (χ0n) is 9.80. The van der Waals surface area contributed by atoms with Crippen molar-refractivity contribution in [3.8, 4) is 0 Å². The fourth-order valence-corrected chi connectivity index (χ4v) is 2.13. The van der Waals surface area contributed by atoms with Gasteiger partial charge in [0.1, 0.15) is 0 Å². The Kier molecular flexibility index (Phi) is 4.02. The Morgan fingerprint density at radius 3 is 2.82 bits per heavy atom. The molecule has 0 bridgehead atoms. The van der Waals surface area contributed by atoms with E-state index in [1.807, 2.05) is 42.2 Å². The van der Waals surface area contributed by atoms with Crippen molar-refractivity contribution in [1.82, 2.24) is 4.90 Å². The third-order valence-corrected chi connectivity index (χ3v) is 3.30. The fourth-order valence-electron chi connectivity index (χ4n) is 1.94. The molecule has 1 heterocycles. The van der Waals surface area contributed by atoms with Gasteiger partial charge < -0.3 is 9.64 Å². The monoisotopic (exact) mass is 253 g/mol. The summed E-state index contributed by atoms with van der Waals surface area (Å²) < 4.78 is 5.53. The van der Waals surface area contributed by atoms with E-state index < -0.39 is 0 Å². The van der Waals surface area contributed by atoms with Gasteiger partial charge in [0, 0.05) is 12.1 Å². The lowest BCUT2D eigenvalue weighted by atomic mass is 10.1. The normalized spacial score (nSPS) is 24.7. The van der Waals surface area contributed by atoms with E-state index in [1.54, 1.807) is 0 Å². The number of amides is 1. The van der Waals surface area contributed by atoms with E-state index >= 15 is 0 Å². The molecule has 1 aromatic rings. The van der Waals surface area contributed by atoms with Gasteiger partial charge in [0.05, 0.1) is 24.6 Å². The minimum Gasteiger partial charge on any atom is -0.373 e. The minimum absolute atomic E-state index is 0.0523. The molecule has 3 nitrogen and oxygen atoms in total. The Morgan fingerprint density at radius 2 is 2.18 bits per heavy atom. The summed E-state index contributed by atoms with van der Waals surface area (Å²) >= 11 is 5.78. The van der Waals surface area contributed by atoms with Gasteiger partial charge in [0.25, 0.3) is 5.91 Å². The van der Waals surface area contributed by atoms with Crippen LogP contribution in [0.5, 0.6) is 0 Å². The Hall–Kier alpha value is -1.06. The van der Waals surface area contributed by atoms with Crippen molar-refractivity contribution in [2.45, 2.75) is 19.1 Å². The quantitative estimate of drug-likeness (QED) is 0.756. The molecule has 0 aromatic heterocycles. The number of carbonyl (C=O) groups is 1. The number of carbonyl (C=O) groups excluding carboxylic acids is 1. The van der Waals surface area contributed by atoms with E-state index in [0.717, 1.165) is 5.56 Å². The number of hydrogen-bond acceptors (Lipinski definition) is 2. The molecule has 0 N–H and O–H groups in total. The number of nitrogens with zero attached hydrogens (tertiary/aromatic N) is 1. The van der Waals surface area contributed by atoms with Crippen LogP contribution in [0.4, 0.5) is 0 Å². The Bertz CT molecular complexity index is 382. The van der Waals surface area contributed by atoms with Crippen LogP contribution in [0, 0.1) is 0 Å². The van der Waals surface area contributed by atoms with Crippen LogP contribution in [0.25, 0.3) is 0 Å². The van der Waals surface area contributed by atoms with Crippen LogP contribution >= 0.6 is 11.6 Å². The van der Waals surface area contributed by atoms with E-state index in [2.05, 4.69) is 0 Å². The van der Waals surface area contributed by atoms with E-state index in [1.165, 1.54) is 0 Å². The first-order chi connectivity index (χ1) is 8.22. The first kappa shape index (κ1) is 12.4. The van der Waals surface area contributed by atoms with Crippen molar-refractivity contribution in [3.63, 3.8) is 0 Å². The molecule has 0 saturated carbocycles. The van der Waals surface area contributed by atoms with Crippen LogP contribution in [0.3, 0.4) is 0 Å². The molecule has 2 rings (SSSR count). The second-order valence-corrected chi connectivity index (χ2v) is 4.59. The van der Waals surface area contributed by atoms with Crippen LogP contribution < -0.4 is 0 Å². The van der Waals surface area contributed by atoms with Crippen molar-refractivity contribution in [2.24, 2.45) is 0 Å². The van der Waals surface area contributed by atoms with Crippen LogP contribution in [0.15, 0.2) is 30.3 Å². The lowest BCUT2D eigenvalue weighted by molar-refractivity contribution is -0.0371. The summed E-state index contributed by atoms with van der Waals surface area (Å²) in [5.74, 6) is 0.474. The first-order valence-corrected chi connectivity index (χ1v) is 6.29. The molecule has 0 spiro atoms. The largest absolute Gasteiger partial charge is 0.373 e. The molecule has 1 amide bonds. The number of morpholine rings is 1. The van der Waals surface area contributed by atoms with Crippen molar-refractivity contribution >= 4 is 17.5 Å². The number of alkyl halides is 1. The SMILES string of the molecule is CC1COC(CCl)CN1C(=O)c1ccccc1. The molecular weight excluding hydrogens is 238 g/mol. The van der Waals surface area contributed by atoms with Gasteiger partial charge in [-0.15, -0.1) is 11.6 Å². The maximum atomic E-state index is 12.3. The van der Waals surface area contributed by atoms with Crippen molar-refractivity contribution in [1.29, 1.82) is 0 Å². The van der Waals surface area contributed by atoms with Crippen molar-refractivity contribution < 1.29 is 9.53 Å². The average Bonchev–Trinajstić information content (AvgIpc) is 2.39. The summed E-state index contributed by atoms with van der Waals surface area (Å²) in [5, 5.41) is 0. The third kappa shape index (κ3) is 2.79. The average molecular weight is 254 g/mol. The van der Waals surface area contributed by atoms with Gasteiger partial charge in [-0.25, -0.2) is 0 Å². The molecule has 1 fully saturated rings. The van der Waals surface area contributed by atoms with Gasteiger partial charge in [0.2, 0.25) is 0 Å². The van der Waals surface area contributed by atoms with Gasteiger partial charge in [-0.3, -0.25) is 4.79 Å². The van der Waals surface area contributed by atoms with Gasteiger partial charge >= 0.3 is 0 Å². The zero-order valence-corrected chi connectivity index (χ0v) is 10.6. The molecule has 17 heavy (non-hydrogen) atoms. The molecule has 1 aliphatic rings. The molecule has 4 heteroatoms. The van der Waals surface area contributed by atoms with E-state index in [-0.39, 0.29) is 18.1 Å². The summed E-state index contributed by atoms with van der Waals surface area (Å²) in [7, 11) is 0. The van der Waals surface area contributed by atoms with Crippen molar-refractivity contribution in [3.05, 3.63) is 35.9 Å². The standard InChI is InChI=1S/C13H16ClNO2/c1-10-9-17-12(7-14)8-15(10)13(16)11-5-3-2-4-6-11/h2-6,10,12H,7-9H2,1H3. The van der Waals surface area contributed by atoms with Crippen LogP contribution in [-0.4, -0.2) is 42.0 Å². The highest BCUT2D eigenvalue weighted by atomic mass is 35.5. The van der Waals surface area contributed by atoms with Gasteiger partial charge in [-0.05, 0) is 19.1 Å². The third-order valence-electron chi connectivity index (χ3n) is 2.96. The van der Waals surface area contributed by atoms with Crippen LogP contribution in [0.2, 0.25) is 0 Å². The Labute approximate surface area is 106 Å². The predicted octanol–water partition coefficient (Wildman–Crippen LogP) is 2.15. The molecule has 2 atom stereocenters. The lowest BCUT2D eigenvalue weighted by Crippen LogP contribution is -2.51. The Balaban J connectivity index is 2.12. The van der Waals surface area contributed by atoms with Gasteiger partial charge in [-0.2, -0.15) is 0 Å². The second kappa shape index (κ2) is 5.52. The second-order valence-electron chi connectivity index (χ2n) is 4.28. The summed E-state index contributed by atoms with van der Waals surface area (Å²) in [5.41, 5.74) is 0.717. The number of benzene rings is 1. The molecule has 2 unspecified atom stereocenters. The number of hydrogen-bond donors (Lipinski definition) is 0. The maximum Gasteiger partial charge on any atom is 0.254 e. The Morgan fingerprint density at radius 1 is 1.47 bits per heavy atom. The first-order valence-electron chi connectivity index (χ1n) is 5.76. The predicted molar refractivity (Wildman–Crippen MR) is 67.4 cm³/mol. The molecule has 92 valence electrons. The molecule has 0 aliphatic carbocycles. The van der Waals surface area contributed by atoms with E-state index in [0.29, 0.717) is 19.0 Å².